The van der Waals surface area contributed by atoms with E-state index in [-0.39, 0.29) is 6.61 Å². The van der Waals surface area contributed by atoms with Gasteiger partial charge in [0.1, 0.15) is 0 Å². The first-order chi connectivity index (χ1) is 4.31. The zero-order valence-electron chi connectivity index (χ0n) is 5.72. The Morgan fingerprint density at radius 3 is 2.89 bits per heavy atom. The van der Waals surface area contributed by atoms with Crippen molar-refractivity contribution in [2.24, 2.45) is 5.92 Å². The maximum atomic E-state index is 8.54. The third kappa shape index (κ3) is 5.35. The highest BCUT2D eigenvalue weighted by Crippen LogP contribution is 1.86. The van der Waals surface area contributed by atoms with Crippen molar-refractivity contribution < 1.29 is 5.11 Å². The molecule has 0 heterocycles. The lowest BCUT2D eigenvalue weighted by Crippen LogP contribution is -2.23. The quantitative estimate of drug-likeness (QED) is 0.406. The minimum Gasteiger partial charge on any atom is -0.396 e. The fourth-order valence-corrected chi connectivity index (χ4v) is 0.455. The Balaban J connectivity index is 2.99. The van der Waals surface area contributed by atoms with E-state index in [4.69, 9.17) is 11.5 Å². The van der Waals surface area contributed by atoms with E-state index in [1.807, 2.05) is 6.92 Å². The Kier molecular flexibility index (Phi) is 5.29. The van der Waals surface area contributed by atoms with Gasteiger partial charge in [0.15, 0.2) is 0 Å². The minimum absolute atomic E-state index is 0.220. The lowest BCUT2D eigenvalue weighted by Gasteiger charge is -2.05. The molecule has 1 unspecified atom stereocenters. The van der Waals surface area contributed by atoms with Gasteiger partial charge < -0.3 is 10.4 Å². The molecule has 0 radical (unpaired) electrons. The Bertz CT molecular complexity index is 95.6. The molecular formula is C7H13NO. The second-order valence-corrected chi connectivity index (χ2v) is 2.12. The molecule has 0 aliphatic carbocycles. The normalized spacial score (nSPS) is 12.6. The summed E-state index contributed by atoms with van der Waals surface area (Å²) < 4.78 is 0. The average molecular weight is 127 g/mol. The van der Waals surface area contributed by atoms with E-state index < -0.39 is 0 Å². The first kappa shape index (κ1) is 8.48. The van der Waals surface area contributed by atoms with Crippen molar-refractivity contribution in [3.8, 4) is 12.3 Å². The van der Waals surface area contributed by atoms with E-state index in [0.29, 0.717) is 12.5 Å². The monoisotopic (exact) mass is 127 g/mol. The topological polar surface area (TPSA) is 32.3 Å². The molecule has 0 aromatic heterocycles. The molecule has 52 valence electrons. The number of hydrogen-bond acceptors (Lipinski definition) is 2. The molecule has 2 heteroatoms. The molecule has 0 rings (SSSR count). The number of terminal acetylenes is 1. The number of hydrogen-bond donors (Lipinski definition) is 2. The Labute approximate surface area is 56.3 Å². The van der Waals surface area contributed by atoms with Gasteiger partial charge in [-0.15, -0.1) is 6.42 Å². The maximum absolute atomic E-state index is 8.54. The van der Waals surface area contributed by atoms with Crippen molar-refractivity contribution >= 4 is 0 Å². The van der Waals surface area contributed by atoms with Crippen LogP contribution in [0, 0.1) is 18.3 Å². The summed E-state index contributed by atoms with van der Waals surface area (Å²) in [5, 5.41) is 11.5. The molecule has 0 amide bonds. The van der Waals surface area contributed by atoms with Gasteiger partial charge in [-0.1, -0.05) is 12.8 Å². The predicted molar refractivity (Wildman–Crippen MR) is 38.0 cm³/mol. The summed E-state index contributed by atoms with van der Waals surface area (Å²) >= 11 is 0. The van der Waals surface area contributed by atoms with E-state index in [1.54, 1.807) is 0 Å². The summed E-state index contributed by atoms with van der Waals surface area (Å²) in [4.78, 5) is 0. The lowest BCUT2D eigenvalue weighted by molar-refractivity contribution is 0.235. The van der Waals surface area contributed by atoms with Crippen molar-refractivity contribution in [2.45, 2.75) is 6.92 Å². The highest BCUT2D eigenvalue weighted by Gasteiger charge is 1.95. The van der Waals surface area contributed by atoms with Crippen LogP contribution >= 0.6 is 0 Å². The van der Waals surface area contributed by atoms with Crippen LogP contribution in [0.3, 0.4) is 0 Å². The molecule has 0 aliphatic heterocycles. The Morgan fingerprint density at radius 2 is 2.44 bits per heavy atom. The van der Waals surface area contributed by atoms with Crippen LogP contribution in [0.1, 0.15) is 6.92 Å². The van der Waals surface area contributed by atoms with Gasteiger partial charge in [-0.05, 0) is 5.92 Å². The van der Waals surface area contributed by atoms with Gasteiger partial charge in [0.05, 0.1) is 6.54 Å². The standard InChI is InChI=1S/C7H13NO/c1-3-4-8-5-7(2)6-9/h1,7-9H,4-6H2,2H3. The Hall–Kier alpha value is -0.520. The minimum atomic E-state index is 0.220. The van der Waals surface area contributed by atoms with Crippen molar-refractivity contribution in [1.29, 1.82) is 0 Å². The molecule has 9 heavy (non-hydrogen) atoms. The number of rotatable bonds is 4. The Morgan fingerprint density at radius 1 is 1.78 bits per heavy atom. The molecule has 0 aliphatic rings. The largest absolute Gasteiger partial charge is 0.396 e. The molecule has 1 atom stereocenters. The molecule has 2 nitrogen and oxygen atoms in total. The fourth-order valence-electron chi connectivity index (χ4n) is 0.455. The van der Waals surface area contributed by atoms with Gasteiger partial charge in [0, 0.05) is 13.2 Å². The summed E-state index contributed by atoms with van der Waals surface area (Å²) in [5.74, 6) is 2.76. The number of nitrogens with one attached hydrogen (secondary N) is 1. The van der Waals surface area contributed by atoms with E-state index in [9.17, 15) is 0 Å². The summed E-state index contributed by atoms with van der Waals surface area (Å²) in [6.07, 6.45) is 4.98. The maximum Gasteiger partial charge on any atom is 0.0573 e. The third-order valence-electron chi connectivity index (χ3n) is 1.03. The SMILES string of the molecule is C#CCNCC(C)CO. The average Bonchev–Trinajstić information content (AvgIpc) is 1.89. The molecular weight excluding hydrogens is 114 g/mol. The van der Waals surface area contributed by atoms with Gasteiger partial charge >= 0.3 is 0 Å². The van der Waals surface area contributed by atoms with Gasteiger partial charge in [-0.3, -0.25) is 0 Å². The first-order valence-electron chi connectivity index (χ1n) is 3.06. The van der Waals surface area contributed by atoms with E-state index in [0.717, 1.165) is 6.54 Å². The van der Waals surface area contributed by atoms with Gasteiger partial charge in [0.2, 0.25) is 0 Å². The van der Waals surface area contributed by atoms with Crippen LogP contribution in [0.5, 0.6) is 0 Å². The summed E-state index contributed by atoms with van der Waals surface area (Å²) in [6.45, 7) is 3.56. The van der Waals surface area contributed by atoms with Crippen molar-refractivity contribution in [2.75, 3.05) is 19.7 Å². The number of aliphatic hydroxyl groups is 1. The van der Waals surface area contributed by atoms with Crippen molar-refractivity contribution in [3.05, 3.63) is 0 Å². The van der Waals surface area contributed by atoms with Crippen LogP contribution in [0.15, 0.2) is 0 Å². The van der Waals surface area contributed by atoms with Gasteiger partial charge in [-0.2, -0.15) is 0 Å². The fraction of sp³-hybridized carbons (Fsp3) is 0.714. The van der Waals surface area contributed by atoms with Crippen LogP contribution in [0.4, 0.5) is 0 Å². The van der Waals surface area contributed by atoms with Crippen LogP contribution < -0.4 is 5.32 Å². The molecule has 0 aromatic rings. The molecule has 0 saturated carbocycles. The van der Waals surface area contributed by atoms with Gasteiger partial charge in [0.25, 0.3) is 0 Å². The van der Waals surface area contributed by atoms with Gasteiger partial charge in [-0.25, -0.2) is 0 Å². The zero-order chi connectivity index (χ0) is 7.11. The van der Waals surface area contributed by atoms with Crippen molar-refractivity contribution in [3.63, 3.8) is 0 Å². The van der Waals surface area contributed by atoms with Crippen LogP contribution in [-0.2, 0) is 0 Å². The summed E-state index contributed by atoms with van der Waals surface area (Å²) in [7, 11) is 0. The predicted octanol–water partition coefficient (Wildman–Crippen LogP) is -0.162. The van der Waals surface area contributed by atoms with E-state index in [1.165, 1.54) is 0 Å². The lowest BCUT2D eigenvalue weighted by atomic mass is 10.2. The smallest absolute Gasteiger partial charge is 0.0573 e. The molecule has 0 aromatic carbocycles. The summed E-state index contributed by atoms with van der Waals surface area (Å²) in [6, 6.07) is 0. The second-order valence-electron chi connectivity index (χ2n) is 2.12. The van der Waals surface area contributed by atoms with Crippen molar-refractivity contribution in [1.82, 2.24) is 5.32 Å². The van der Waals surface area contributed by atoms with Crippen LogP contribution in [0.25, 0.3) is 0 Å². The second kappa shape index (κ2) is 5.61. The van der Waals surface area contributed by atoms with E-state index in [2.05, 4.69) is 11.2 Å². The molecule has 0 fully saturated rings. The van der Waals surface area contributed by atoms with Crippen LogP contribution in [0.2, 0.25) is 0 Å². The highest BCUT2D eigenvalue weighted by molar-refractivity contribution is 4.86. The molecule has 0 bridgehead atoms. The zero-order valence-corrected chi connectivity index (χ0v) is 5.72. The summed E-state index contributed by atoms with van der Waals surface area (Å²) in [5.41, 5.74) is 0. The molecule has 0 spiro atoms. The molecule has 0 saturated heterocycles. The number of aliphatic hydroxyl groups excluding tert-OH is 1. The molecule has 2 N–H and O–H groups in total. The van der Waals surface area contributed by atoms with E-state index >= 15 is 0 Å². The van der Waals surface area contributed by atoms with Crippen LogP contribution in [-0.4, -0.2) is 24.8 Å². The first-order valence-corrected chi connectivity index (χ1v) is 3.06. The highest BCUT2D eigenvalue weighted by atomic mass is 16.3. The third-order valence-corrected chi connectivity index (χ3v) is 1.03.